The van der Waals surface area contributed by atoms with Crippen molar-refractivity contribution in [2.75, 3.05) is 12.3 Å². The van der Waals surface area contributed by atoms with Gasteiger partial charge >= 0.3 is 0 Å². The number of anilines is 1. The molecule has 27 heavy (non-hydrogen) atoms. The van der Waals surface area contributed by atoms with Gasteiger partial charge in [0.2, 0.25) is 5.91 Å². The van der Waals surface area contributed by atoms with Crippen LogP contribution in [0.5, 0.6) is 0 Å². The standard InChI is InChI=1S/C17H21N5O4S/c18-17-19-6-14(27-17)15(24)20-12-5-9(1-2-13(12)23)16(25)22-4-3-11-10(7-22)8-26-21-11/h6,8-9,12-13,23H,1-5,7H2,(H2,18,19)(H,20,24)/t9-,12+,13+/m0/s1. The molecule has 3 atom stereocenters. The second-order valence-electron chi connectivity index (χ2n) is 7.02. The lowest BCUT2D eigenvalue weighted by Gasteiger charge is -2.36. The number of aromatic nitrogens is 2. The number of aliphatic hydroxyl groups is 1. The Kier molecular flexibility index (Phi) is 4.83. The molecule has 0 saturated heterocycles. The lowest BCUT2D eigenvalue weighted by atomic mass is 9.82. The van der Waals surface area contributed by atoms with Crippen molar-refractivity contribution in [3.05, 3.63) is 28.6 Å². The normalized spacial score (nSPS) is 25.1. The van der Waals surface area contributed by atoms with Crippen LogP contribution in [-0.2, 0) is 17.8 Å². The lowest BCUT2D eigenvalue weighted by Crippen LogP contribution is -2.50. The van der Waals surface area contributed by atoms with E-state index in [1.165, 1.54) is 6.20 Å². The Morgan fingerprint density at radius 1 is 1.41 bits per heavy atom. The van der Waals surface area contributed by atoms with E-state index in [4.69, 9.17) is 10.3 Å². The third-order valence-electron chi connectivity index (χ3n) is 5.25. The van der Waals surface area contributed by atoms with Gasteiger partial charge in [-0.2, -0.15) is 0 Å². The summed E-state index contributed by atoms with van der Waals surface area (Å²) in [6, 6.07) is -0.473. The average molecular weight is 391 g/mol. The summed E-state index contributed by atoms with van der Waals surface area (Å²) in [4.78, 5) is 31.4. The molecular formula is C17H21N5O4S. The minimum atomic E-state index is -0.672. The van der Waals surface area contributed by atoms with Crippen LogP contribution in [0.15, 0.2) is 17.0 Å². The number of hydrogen-bond acceptors (Lipinski definition) is 8. The summed E-state index contributed by atoms with van der Waals surface area (Å²) in [7, 11) is 0. The summed E-state index contributed by atoms with van der Waals surface area (Å²) in [5.74, 6) is -0.505. The second-order valence-corrected chi connectivity index (χ2v) is 8.08. The number of nitrogens with one attached hydrogen (secondary N) is 1. The summed E-state index contributed by atoms with van der Waals surface area (Å²) < 4.78 is 4.98. The van der Waals surface area contributed by atoms with Crippen LogP contribution in [0, 0.1) is 5.92 Å². The number of amides is 2. The number of nitrogens with zero attached hydrogens (tertiary/aromatic N) is 3. The first-order chi connectivity index (χ1) is 13.0. The highest BCUT2D eigenvalue weighted by molar-refractivity contribution is 7.17. The Hall–Kier alpha value is -2.46. The third-order valence-corrected chi connectivity index (χ3v) is 6.07. The molecule has 0 spiro atoms. The smallest absolute Gasteiger partial charge is 0.263 e. The number of rotatable bonds is 3. The monoisotopic (exact) mass is 391 g/mol. The van der Waals surface area contributed by atoms with Gasteiger partial charge in [0.15, 0.2) is 5.13 Å². The Morgan fingerprint density at radius 3 is 3.04 bits per heavy atom. The Labute approximate surface area is 159 Å². The van der Waals surface area contributed by atoms with E-state index in [1.54, 1.807) is 6.26 Å². The van der Waals surface area contributed by atoms with Crippen molar-refractivity contribution in [3.8, 4) is 0 Å². The Bertz CT molecular complexity index is 850. The lowest BCUT2D eigenvalue weighted by molar-refractivity contribution is -0.138. The molecule has 1 saturated carbocycles. The maximum absolute atomic E-state index is 13.0. The highest BCUT2D eigenvalue weighted by Gasteiger charge is 2.37. The largest absolute Gasteiger partial charge is 0.391 e. The predicted molar refractivity (Wildman–Crippen MR) is 96.8 cm³/mol. The summed E-state index contributed by atoms with van der Waals surface area (Å²) in [6.07, 6.45) is 4.49. The Balaban J connectivity index is 1.39. The van der Waals surface area contributed by atoms with Gasteiger partial charge < -0.3 is 25.6 Å². The zero-order valence-electron chi connectivity index (χ0n) is 14.6. The minimum Gasteiger partial charge on any atom is -0.391 e. The maximum atomic E-state index is 13.0. The highest BCUT2D eigenvalue weighted by atomic mass is 32.1. The van der Waals surface area contributed by atoms with Gasteiger partial charge in [0, 0.05) is 24.4 Å². The van der Waals surface area contributed by atoms with Gasteiger partial charge in [-0.3, -0.25) is 9.59 Å². The van der Waals surface area contributed by atoms with Crippen molar-refractivity contribution in [1.82, 2.24) is 20.4 Å². The second kappa shape index (κ2) is 7.28. The molecule has 4 rings (SSSR count). The predicted octanol–water partition coefficient (Wildman–Crippen LogP) is 0.558. The molecule has 0 aromatic carbocycles. The van der Waals surface area contributed by atoms with Crippen LogP contribution in [0.2, 0.25) is 0 Å². The number of thiazole rings is 1. The summed E-state index contributed by atoms with van der Waals surface area (Å²) in [6.45, 7) is 1.10. The fraction of sp³-hybridized carbons (Fsp3) is 0.529. The first kappa shape index (κ1) is 17.9. The third kappa shape index (κ3) is 3.67. The Morgan fingerprint density at radius 2 is 2.26 bits per heavy atom. The zero-order chi connectivity index (χ0) is 19.0. The van der Waals surface area contributed by atoms with Crippen LogP contribution in [0.1, 0.15) is 40.2 Å². The molecule has 1 aliphatic carbocycles. The van der Waals surface area contributed by atoms with Crippen molar-refractivity contribution in [3.63, 3.8) is 0 Å². The van der Waals surface area contributed by atoms with Crippen LogP contribution < -0.4 is 11.1 Å². The molecule has 4 N–H and O–H groups in total. The first-order valence-corrected chi connectivity index (χ1v) is 9.74. The molecule has 2 aliphatic rings. The first-order valence-electron chi connectivity index (χ1n) is 8.92. The zero-order valence-corrected chi connectivity index (χ0v) is 15.4. The topological polar surface area (TPSA) is 135 Å². The van der Waals surface area contributed by atoms with Crippen molar-refractivity contribution in [2.24, 2.45) is 5.92 Å². The summed E-state index contributed by atoms with van der Waals surface area (Å²) in [5, 5.41) is 17.4. The molecule has 0 radical (unpaired) electrons. The molecule has 0 unspecified atom stereocenters. The number of hydrogen-bond donors (Lipinski definition) is 3. The molecular weight excluding hydrogens is 370 g/mol. The average Bonchev–Trinajstić information content (AvgIpc) is 3.31. The van der Waals surface area contributed by atoms with Crippen molar-refractivity contribution in [2.45, 2.75) is 44.4 Å². The van der Waals surface area contributed by atoms with E-state index in [0.717, 1.165) is 22.6 Å². The van der Waals surface area contributed by atoms with Gasteiger partial charge in [-0.1, -0.05) is 16.5 Å². The van der Waals surface area contributed by atoms with Crippen molar-refractivity contribution < 1.29 is 19.2 Å². The molecule has 3 heterocycles. The molecule has 144 valence electrons. The van der Waals surface area contributed by atoms with Crippen LogP contribution >= 0.6 is 11.3 Å². The number of aliphatic hydroxyl groups excluding tert-OH is 1. The minimum absolute atomic E-state index is 0.0510. The van der Waals surface area contributed by atoms with Crippen LogP contribution in [0.25, 0.3) is 0 Å². The molecule has 2 aromatic rings. The van der Waals surface area contributed by atoms with Gasteiger partial charge in [-0.05, 0) is 19.3 Å². The van der Waals surface area contributed by atoms with Crippen molar-refractivity contribution >= 4 is 28.3 Å². The fourth-order valence-electron chi connectivity index (χ4n) is 3.75. The van der Waals surface area contributed by atoms with Gasteiger partial charge in [0.25, 0.3) is 5.91 Å². The van der Waals surface area contributed by atoms with Gasteiger partial charge in [-0.25, -0.2) is 4.98 Å². The van der Waals surface area contributed by atoms with E-state index in [9.17, 15) is 14.7 Å². The highest BCUT2D eigenvalue weighted by Crippen LogP contribution is 2.29. The van der Waals surface area contributed by atoms with Gasteiger partial charge in [0.1, 0.15) is 11.1 Å². The maximum Gasteiger partial charge on any atom is 0.263 e. The van der Waals surface area contributed by atoms with E-state index in [0.29, 0.717) is 48.8 Å². The van der Waals surface area contributed by atoms with E-state index in [2.05, 4.69) is 15.5 Å². The summed E-state index contributed by atoms with van der Waals surface area (Å²) in [5.41, 5.74) is 7.42. The fourth-order valence-corrected chi connectivity index (χ4v) is 4.34. The molecule has 1 aliphatic heterocycles. The van der Waals surface area contributed by atoms with E-state index in [-0.39, 0.29) is 17.7 Å². The molecule has 9 nitrogen and oxygen atoms in total. The van der Waals surface area contributed by atoms with Crippen LogP contribution in [-0.4, -0.2) is 50.7 Å². The van der Waals surface area contributed by atoms with Gasteiger partial charge in [0.05, 0.1) is 30.6 Å². The number of nitrogens with two attached hydrogens (primary N) is 1. The van der Waals surface area contributed by atoms with Crippen molar-refractivity contribution in [1.29, 1.82) is 0 Å². The quantitative estimate of drug-likeness (QED) is 0.696. The van der Waals surface area contributed by atoms with Crippen LogP contribution in [0.3, 0.4) is 0 Å². The molecule has 0 bridgehead atoms. The van der Waals surface area contributed by atoms with Crippen LogP contribution in [0.4, 0.5) is 5.13 Å². The molecule has 1 fully saturated rings. The number of nitrogen functional groups attached to an aromatic ring is 1. The van der Waals surface area contributed by atoms with E-state index < -0.39 is 12.1 Å². The SMILES string of the molecule is Nc1ncc(C(=O)N[C@@H]2C[C@@H](C(=O)N3CCc4nocc4C3)CC[C@H]2O)s1. The molecule has 2 amide bonds. The summed E-state index contributed by atoms with van der Waals surface area (Å²) >= 11 is 1.09. The molecule has 10 heteroatoms. The number of fused-ring (bicyclic) bond motifs is 1. The van der Waals surface area contributed by atoms with E-state index in [1.807, 2.05) is 4.90 Å². The number of carbonyl (C=O) groups is 2. The molecule has 2 aromatic heterocycles. The van der Waals surface area contributed by atoms with E-state index >= 15 is 0 Å². The van der Waals surface area contributed by atoms with Gasteiger partial charge in [-0.15, -0.1) is 0 Å². The number of carbonyl (C=O) groups excluding carboxylic acids is 2.